The minimum absolute atomic E-state index is 0.0148. The Morgan fingerprint density at radius 3 is 2.21 bits per heavy atom. The lowest BCUT2D eigenvalue weighted by molar-refractivity contribution is 0.0514. The van der Waals surface area contributed by atoms with Crippen LogP contribution in [0.1, 0.15) is 82.4 Å². The smallest absolute Gasteiger partial charge is 0.335 e. The topological polar surface area (TPSA) is 102 Å². The van der Waals surface area contributed by atoms with Gasteiger partial charge in [0.1, 0.15) is 18.1 Å². The molecule has 198 valence electrons. The van der Waals surface area contributed by atoms with E-state index in [1.807, 2.05) is 15.8 Å². The number of carbonyl (C=O) groups is 3. The first-order chi connectivity index (χ1) is 18.0. The monoisotopic (exact) mass is 515 g/mol. The van der Waals surface area contributed by atoms with Gasteiger partial charge in [0.05, 0.1) is 17.3 Å². The first kappa shape index (κ1) is 25.7. The van der Waals surface area contributed by atoms with Gasteiger partial charge in [0, 0.05) is 30.6 Å². The van der Waals surface area contributed by atoms with Crippen molar-refractivity contribution in [1.82, 2.24) is 14.7 Å². The number of carboxylic acid groups (broad SMARTS) is 1. The molecule has 1 aliphatic carbocycles. The number of benzene rings is 2. The predicted molar refractivity (Wildman–Crippen MR) is 142 cm³/mol. The van der Waals surface area contributed by atoms with Crippen molar-refractivity contribution in [3.05, 3.63) is 82.7 Å². The van der Waals surface area contributed by atoms with Crippen LogP contribution in [0.15, 0.2) is 54.7 Å². The Bertz CT molecular complexity index is 1360. The molecule has 5 rings (SSSR count). The van der Waals surface area contributed by atoms with E-state index in [2.05, 4.69) is 25.9 Å². The summed E-state index contributed by atoms with van der Waals surface area (Å²) in [6.07, 6.45) is 4.79. The Morgan fingerprint density at radius 2 is 1.61 bits per heavy atom. The second-order valence-corrected chi connectivity index (χ2v) is 11.5. The second kappa shape index (κ2) is 9.74. The maximum Gasteiger partial charge on any atom is 0.335 e. The van der Waals surface area contributed by atoms with E-state index in [1.54, 1.807) is 48.5 Å². The van der Waals surface area contributed by atoms with Crippen molar-refractivity contribution >= 4 is 17.7 Å². The molecule has 0 atom stereocenters. The fourth-order valence-corrected chi connectivity index (χ4v) is 5.53. The fraction of sp³-hybridized carbons (Fsp3) is 0.400. The van der Waals surface area contributed by atoms with Crippen molar-refractivity contribution in [2.75, 3.05) is 13.1 Å². The summed E-state index contributed by atoms with van der Waals surface area (Å²) in [5.41, 5.74) is 3.14. The minimum Gasteiger partial charge on any atom is -0.489 e. The SMILES string of the molecule is CC(C)(C)n1ncc2c1C(=O)CC1(CCN(C(=O)c3ccc(OCc4ccc(C(=O)O)cc4)cc3)CC1)C2. The predicted octanol–water partition coefficient (Wildman–Crippen LogP) is 4.97. The van der Waals surface area contributed by atoms with Gasteiger partial charge in [0.2, 0.25) is 0 Å². The molecule has 1 N–H and O–H groups in total. The molecule has 1 fully saturated rings. The van der Waals surface area contributed by atoms with E-state index in [1.165, 1.54) is 0 Å². The van der Waals surface area contributed by atoms with Gasteiger partial charge in [-0.05, 0) is 87.4 Å². The molecular weight excluding hydrogens is 482 g/mol. The van der Waals surface area contributed by atoms with Crippen LogP contribution in [0, 0.1) is 5.41 Å². The zero-order chi connectivity index (χ0) is 27.1. The van der Waals surface area contributed by atoms with Crippen molar-refractivity contribution < 1.29 is 24.2 Å². The molecule has 2 aliphatic rings. The van der Waals surface area contributed by atoms with Crippen molar-refractivity contribution in [2.24, 2.45) is 5.41 Å². The number of hydrogen-bond acceptors (Lipinski definition) is 5. The van der Waals surface area contributed by atoms with E-state index in [4.69, 9.17) is 9.84 Å². The molecule has 1 aromatic heterocycles. The molecule has 8 heteroatoms. The Kier molecular flexibility index (Phi) is 6.59. The second-order valence-electron chi connectivity index (χ2n) is 11.5. The molecule has 0 bridgehead atoms. The first-order valence-electron chi connectivity index (χ1n) is 13.0. The van der Waals surface area contributed by atoms with E-state index < -0.39 is 5.97 Å². The van der Waals surface area contributed by atoms with Crippen LogP contribution in [0.25, 0.3) is 0 Å². The third kappa shape index (κ3) is 5.08. The number of amides is 1. The number of carbonyl (C=O) groups excluding carboxylic acids is 2. The lowest BCUT2D eigenvalue weighted by Crippen LogP contribution is -2.46. The van der Waals surface area contributed by atoms with Crippen molar-refractivity contribution in [3.63, 3.8) is 0 Å². The number of carboxylic acids is 1. The molecule has 1 aliphatic heterocycles. The zero-order valence-electron chi connectivity index (χ0n) is 22.1. The maximum atomic E-state index is 13.2. The molecule has 1 saturated heterocycles. The average molecular weight is 516 g/mol. The quantitative estimate of drug-likeness (QED) is 0.515. The summed E-state index contributed by atoms with van der Waals surface area (Å²) in [5, 5.41) is 13.5. The molecule has 0 saturated carbocycles. The standard InChI is InChI=1S/C30H33N3O5/c1-29(2,3)33-26-23(18-31-33)16-30(17-25(26)34)12-14-32(15-13-30)27(35)21-8-10-24(11-9-21)38-19-20-4-6-22(7-5-20)28(36)37/h4-11,18H,12-17,19H2,1-3H3,(H,36,37). The van der Waals surface area contributed by atoms with E-state index in [0.29, 0.717) is 37.4 Å². The van der Waals surface area contributed by atoms with Gasteiger partial charge in [-0.3, -0.25) is 14.3 Å². The lowest BCUT2D eigenvalue weighted by Gasteiger charge is -2.43. The minimum atomic E-state index is -0.962. The molecule has 1 spiro atoms. The third-order valence-electron chi connectivity index (χ3n) is 7.66. The molecule has 0 unspecified atom stereocenters. The molecule has 2 aromatic carbocycles. The van der Waals surface area contributed by atoms with Crippen LogP contribution < -0.4 is 4.74 Å². The third-order valence-corrected chi connectivity index (χ3v) is 7.66. The van der Waals surface area contributed by atoms with Crippen LogP contribution in [0.2, 0.25) is 0 Å². The highest BCUT2D eigenvalue weighted by atomic mass is 16.5. The van der Waals surface area contributed by atoms with Crippen LogP contribution >= 0.6 is 0 Å². The summed E-state index contributed by atoms with van der Waals surface area (Å²) in [7, 11) is 0. The average Bonchev–Trinajstić information content (AvgIpc) is 3.33. The van der Waals surface area contributed by atoms with Crippen LogP contribution in [0.4, 0.5) is 0 Å². The summed E-state index contributed by atoms with van der Waals surface area (Å²) in [4.78, 5) is 39.2. The number of aromatic carboxylic acids is 1. The number of piperidine rings is 1. The molecule has 2 heterocycles. The van der Waals surface area contributed by atoms with Crippen LogP contribution in [-0.2, 0) is 18.6 Å². The van der Waals surface area contributed by atoms with Crippen LogP contribution in [0.3, 0.4) is 0 Å². The normalized spacial score (nSPS) is 16.8. The van der Waals surface area contributed by atoms with Crippen molar-refractivity contribution in [2.45, 2.75) is 58.6 Å². The molecule has 8 nitrogen and oxygen atoms in total. The number of hydrogen-bond donors (Lipinski definition) is 1. The summed E-state index contributed by atoms with van der Waals surface area (Å²) >= 11 is 0. The first-order valence-corrected chi connectivity index (χ1v) is 13.0. The maximum absolute atomic E-state index is 13.2. The Morgan fingerprint density at radius 1 is 0.974 bits per heavy atom. The number of ketones is 1. The van der Waals surface area contributed by atoms with Gasteiger partial charge in [-0.2, -0.15) is 5.10 Å². The van der Waals surface area contributed by atoms with Gasteiger partial charge in [-0.1, -0.05) is 12.1 Å². The number of ether oxygens (including phenoxy) is 1. The highest BCUT2D eigenvalue weighted by Crippen LogP contribution is 2.44. The summed E-state index contributed by atoms with van der Waals surface area (Å²) in [5.74, 6) is -0.184. The summed E-state index contributed by atoms with van der Waals surface area (Å²) in [6, 6.07) is 13.6. The number of likely N-dealkylation sites (tertiary alicyclic amines) is 1. The Hall–Kier alpha value is -3.94. The molecule has 38 heavy (non-hydrogen) atoms. The van der Waals surface area contributed by atoms with Crippen LogP contribution in [0.5, 0.6) is 5.75 Å². The van der Waals surface area contributed by atoms with Gasteiger partial charge < -0.3 is 14.7 Å². The van der Waals surface area contributed by atoms with Crippen molar-refractivity contribution in [3.8, 4) is 5.75 Å². The Balaban J connectivity index is 1.17. The van der Waals surface area contributed by atoms with Gasteiger partial charge in [0.15, 0.2) is 5.78 Å². The van der Waals surface area contributed by atoms with E-state index in [-0.39, 0.29) is 28.2 Å². The molecular formula is C30H33N3O5. The van der Waals surface area contributed by atoms with E-state index in [0.717, 1.165) is 36.1 Å². The molecule has 0 radical (unpaired) electrons. The largest absolute Gasteiger partial charge is 0.489 e. The van der Waals surface area contributed by atoms with Crippen LogP contribution in [-0.4, -0.2) is 50.5 Å². The van der Waals surface area contributed by atoms with Gasteiger partial charge in [-0.15, -0.1) is 0 Å². The molecule has 3 aromatic rings. The highest BCUT2D eigenvalue weighted by molar-refractivity contribution is 5.98. The number of rotatable bonds is 5. The van der Waals surface area contributed by atoms with Crippen molar-refractivity contribution in [1.29, 1.82) is 0 Å². The number of fused-ring (bicyclic) bond motifs is 1. The summed E-state index contributed by atoms with van der Waals surface area (Å²) < 4.78 is 7.66. The lowest BCUT2D eigenvalue weighted by atomic mass is 9.67. The number of Topliss-reactive ketones (excluding diaryl/α,β-unsaturated/α-hetero) is 1. The number of nitrogens with zero attached hydrogens (tertiary/aromatic N) is 3. The number of aromatic nitrogens is 2. The van der Waals surface area contributed by atoms with E-state index in [9.17, 15) is 14.4 Å². The fourth-order valence-electron chi connectivity index (χ4n) is 5.53. The molecule has 1 amide bonds. The van der Waals surface area contributed by atoms with Gasteiger partial charge in [-0.25, -0.2) is 4.79 Å². The van der Waals surface area contributed by atoms with Gasteiger partial charge >= 0.3 is 5.97 Å². The highest BCUT2D eigenvalue weighted by Gasteiger charge is 2.44. The zero-order valence-corrected chi connectivity index (χ0v) is 22.1. The summed E-state index contributed by atoms with van der Waals surface area (Å²) in [6.45, 7) is 7.72. The van der Waals surface area contributed by atoms with E-state index >= 15 is 0 Å². The van der Waals surface area contributed by atoms with Gasteiger partial charge in [0.25, 0.3) is 5.91 Å². The Labute approximate surface area is 222 Å².